The Labute approximate surface area is 131 Å². The molecule has 1 fully saturated rings. The molecule has 3 atom stereocenters. The molecule has 0 heterocycles. The molecule has 2 aliphatic carbocycles. The number of hydrogen-bond donors (Lipinski definition) is 0. The first-order chi connectivity index (χ1) is 10.2. The number of ketones is 1. The quantitative estimate of drug-likeness (QED) is 0.718. The third-order valence-corrected chi connectivity index (χ3v) is 5.32. The molecule has 0 spiro atoms. The van der Waals surface area contributed by atoms with Gasteiger partial charge in [-0.15, -0.1) is 0 Å². The molecular weight excluding hydrogens is 331 g/mol. The van der Waals surface area contributed by atoms with Gasteiger partial charge in [-0.3, -0.25) is 4.79 Å². The Balaban J connectivity index is 1.68. The number of carbonyl (C=O) groups is 1. The van der Waals surface area contributed by atoms with Crippen molar-refractivity contribution >= 4 is 21.7 Å². The third kappa shape index (κ3) is 2.06. The average molecular weight is 345 g/mol. The normalized spacial score (nSPS) is 25.9. The van der Waals surface area contributed by atoms with Crippen LogP contribution in [0.2, 0.25) is 0 Å². The van der Waals surface area contributed by atoms with E-state index in [1.807, 2.05) is 12.1 Å². The monoisotopic (exact) mass is 344 g/mol. The lowest BCUT2D eigenvalue weighted by Crippen LogP contribution is -2.07. The van der Waals surface area contributed by atoms with Gasteiger partial charge in [0, 0.05) is 10.4 Å². The van der Waals surface area contributed by atoms with Gasteiger partial charge in [0.15, 0.2) is 5.78 Å². The summed E-state index contributed by atoms with van der Waals surface area (Å²) in [4.78, 5) is 12.7. The molecule has 1 saturated carbocycles. The van der Waals surface area contributed by atoms with Crippen LogP contribution in [0.4, 0.5) is 4.39 Å². The van der Waals surface area contributed by atoms with E-state index in [0.717, 1.165) is 17.3 Å². The van der Waals surface area contributed by atoms with Crippen LogP contribution in [0.1, 0.15) is 33.8 Å². The van der Waals surface area contributed by atoms with Gasteiger partial charge in [-0.1, -0.05) is 40.2 Å². The Morgan fingerprint density at radius 3 is 2.86 bits per heavy atom. The van der Waals surface area contributed by atoms with Gasteiger partial charge in [-0.2, -0.15) is 0 Å². The van der Waals surface area contributed by atoms with Crippen molar-refractivity contribution < 1.29 is 9.18 Å². The van der Waals surface area contributed by atoms with Gasteiger partial charge < -0.3 is 0 Å². The Hall–Kier alpha value is -1.48. The van der Waals surface area contributed by atoms with Crippen LogP contribution in [0, 0.1) is 17.7 Å². The lowest BCUT2D eigenvalue weighted by atomic mass is 9.92. The minimum Gasteiger partial charge on any atom is -0.294 e. The standard InChI is InChI=1S/C18H14BrFO/c19-11-6-8-15(20)14(9-11)18(21)17-13-7-5-10-3-1-2-4-12(10)16(13)17/h1-4,6,8-9,13,16-17H,5,7H2. The number of hydrogen-bond acceptors (Lipinski definition) is 1. The number of Topliss-reactive ketones (excluding diaryl/α,β-unsaturated/α-hetero) is 1. The van der Waals surface area contributed by atoms with Gasteiger partial charge in [0.25, 0.3) is 0 Å². The second kappa shape index (κ2) is 4.77. The van der Waals surface area contributed by atoms with Crippen LogP contribution in [0.25, 0.3) is 0 Å². The molecule has 0 saturated heterocycles. The number of benzene rings is 2. The molecule has 3 unspecified atom stereocenters. The summed E-state index contributed by atoms with van der Waals surface area (Å²) in [5, 5.41) is 0. The predicted octanol–water partition coefficient (Wildman–Crippen LogP) is 4.75. The van der Waals surface area contributed by atoms with Gasteiger partial charge in [-0.25, -0.2) is 4.39 Å². The summed E-state index contributed by atoms with van der Waals surface area (Å²) in [6, 6.07) is 12.9. The maximum atomic E-state index is 13.9. The van der Waals surface area contributed by atoms with E-state index in [0.29, 0.717) is 11.8 Å². The molecule has 0 aliphatic heterocycles. The number of fused-ring (bicyclic) bond motifs is 3. The third-order valence-electron chi connectivity index (χ3n) is 4.83. The van der Waals surface area contributed by atoms with E-state index < -0.39 is 5.82 Å². The highest BCUT2D eigenvalue weighted by atomic mass is 79.9. The van der Waals surface area contributed by atoms with Crippen LogP contribution >= 0.6 is 15.9 Å². The van der Waals surface area contributed by atoms with Crippen molar-refractivity contribution in [2.75, 3.05) is 0 Å². The second-order valence-electron chi connectivity index (χ2n) is 5.94. The summed E-state index contributed by atoms with van der Waals surface area (Å²) in [5.41, 5.74) is 2.87. The Morgan fingerprint density at radius 2 is 2.00 bits per heavy atom. The van der Waals surface area contributed by atoms with E-state index in [1.54, 1.807) is 12.1 Å². The van der Waals surface area contributed by atoms with Gasteiger partial charge in [0.2, 0.25) is 0 Å². The van der Waals surface area contributed by atoms with Crippen LogP contribution in [0.15, 0.2) is 46.9 Å². The van der Waals surface area contributed by atoms with E-state index in [2.05, 4.69) is 28.1 Å². The topological polar surface area (TPSA) is 17.1 Å². The van der Waals surface area contributed by atoms with Gasteiger partial charge >= 0.3 is 0 Å². The summed E-state index contributed by atoms with van der Waals surface area (Å²) in [5.74, 6) is 0.185. The maximum absolute atomic E-state index is 13.9. The molecular formula is C18H14BrFO. The number of aryl methyl sites for hydroxylation is 1. The zero-order chi connectivity index (χ0) is 14.6. The number of halogens is 2. The van der Waals surface area contributed by atoms with Gasteiger partial charge in [0.05, 0.1) is 5.56 Å². The molecule has 0 bridgehead atoms. The molecule has 0 radical (unpaired) electrons. The highest BCUT2D eigenvalue weighted by molar-refractivity contribution is 9.10. The van der Waals surface area contributed by atoms with Crippen molar-refractivity contribution in [3.05, 3.63) is 69.4 Å². The smallest absolute Gasteiger partial charge is 0.169 e. The first-order valence-corrected chi connectivity index (χ1v) is 8.03. The minimum absolute atomic E-state index is 0.0412. The van der Waals surface area contributed by atoms with Crippen molar-refractivity contribution in [2.45, 2.75) is 18.8 Å². The zero-order valence-corrected chi connectivity index (χ0v) is 12.9. The summed E-state index contributed by atoms with van der Waals surface area (Å²) < 4.78 is 14.7. The zero-order valence-electron chi connectivity index (χ0n) is 11.4. The first kappa shape index (κ1) is 13.2. The molecule has 2 aromatic carbocycles. The summed E-state index contributed by atoms with van der Waals surface area (Å²) >= 11 is 3.32. The number of rotatable bonds is 2. The van der Waals surface area contributed by atoms with Crippen molar-refractivity contribution in [1.29, 1.82) is 0 Å². The molecule has 0 N–H and O–H groups in total. The van der Waals surface area contributed by atoms with E-state index in [1.165, 1.54) is 17.2 Å². The van der Waals surface area contributed by atoms with Crippen molar-refractivity contribution in [3.63, 3.8) is 0 Å². The molecule has 0 aromatic heterocycles. The van der Waals surface area contributed by atoms with E-state index in [-0.39, 0.29) is 17.3 Å². The highest BCUT2D eigenvalue weighted by Crippen LogP contribution is 2.60. The molecule has 106 valence electrons. The summed E-state index contributed by atoms with van der Waals surface area (Å²) in [6.45, 7) is 0. The van der Waals surface area contributed by atoms with Crippen LogP contribution in [-0.2, 0) is 6.42 Å². The Morgan fingerprint density at radius 1 is 1.19 bits per heavy atom. The summed E-state index contributed by atoms with van der Waals surface area (Å²) in [6.07, 6.45) is 2.07. The Bertz CT molecular complexity index is 740. The second-order valence-corrected chi connectivity index (χ2v) is 6.86. The molecule has 2 aromatic rings. The molecule has 2 aliphatic rings. The van der Waals surface area contributed by atoms with Crippen molar-refractivity contribution in [3.8, 4) is 0 Å². The van der Waals surface area contributed by atoms with E-state index in [4.69, 9.17) is 0 Å². The average Bonchev–Trinajstić information content (AvgIpc) is 3.24. The van der Waals surface area contributed by atoms with Crippen LogP contribution in [0.3, 0.4) is 0 Å². The van der Waals surface area contributed by atoms with Crippen LogP contribution < -0.4 is 0 Å². The van der Waals surface area contributed by atoms with Crippen LogP contribution in [0.5, 0.6) is 0 Å². The largest absolute Gasteiger partial charge is 0.294 e. The predicted molar refractivity (Wildman–Crippen MR) is 82.9 cm³/mol. The molecule has 4 rings (SSSR count). The Kier molecular flexibility index (Phi) is 3.00. The highest BCUT2D eigenvalue weighted by Gasteiger charge is 2.57. The SMILES string of the molecule is O=C(c1cc(Br)ccc1F)C1C2CCc3ccccc3C21. The fourth-order valence-electron chi connectivity index (χ4n) is 3.79. The molecule has 21 heavy (non-hydrogen) atoms. The summed E-state index contributed by atoms with van der Waals surface area (Å²) in [7, 11) is 0. The minimum atomic E-state index is -0.417. The fraction of sp³-hybridized carbons (Fsp3) is 0.278. The maximum Gasteiger partial charge on any atom is 0.169 e. The van der Waals surface area contributed by atoms with E-state index >= 15 is 0 Å². The lowest BCUT2D eigenvalue weighted by Gasteiger charge is -2.13. The van der Waals surface area contributed by atoms with Gasteiger partial charge in [-0.05, 0) is 54.0 Å². The molecule has 3 heteroatoms. The lowest BCUT2D eigenvalue weighted by molar-refractivity contribution is 0.0955. The first-order valence-electron chi connectivity index (χ1n) is 7.24. The van der Waals surface area contributed by atoms with E-state index in [9.17, 15) is 9.18 Å². The molecule has 1 nitrogen and oxygen atoms in total. The van der Waals surface area contributed by atoms with Crippen molar-refractivity contribution in [2.24, 2.45) is 11.8 Å². The fourth-order valence-corrected chi connectivity index (χ4v) is 4.15. The van der Waals surface area contributed by atoms with Crippen LogP contribution in [-0.4, -0.2) is 5.78 Å². The van der Waals surface area contributed by atoms with Crippen molar-refractivity contribution in [1.82, 2.24) is 0 Å². The van der Waals surface area contributed by atoms with Gasteiger partial charge in [0.1, 0.15) is 5.82 Å². The molecule has 0 amide bonds. The number of carbonyl (C=O) groups excluding carboxylic acids is 1.